The molecule has 1 saturated heterocycles. The molecular weight excluding hydrogens is 114 g/mol. The van der Waals surface area contributed by atoms with Gasteiger partial charge in [0.1, 0.15) is 12.2 Å². The van der Waals surface area contributed by atoms with Crippen molar-refractivity contribution in [3.63, 3.8) is 0 Å². The summed E-state index contributed by atoms with van der Waals surface area (Å²) in [6, 6.07) is 2.08. The zero-order valence-corrected chi connectivity index (χ0v) is 4.74. The van der Waals surface area contributed by atoms with Crippen LogP contribution >= 0.6 is 0 Å². The summed E-state index contributed by atoms with van der Waals surface area (Å²) in [6.45, 7) is 0. The van der Waals surface area contributed by atoms with E-state index in [9.17, 15) is 0 Å². The largest absolute Gasteiger partial charge is 0.359 e. The van der Waals surface area contributed by atoms with Crippen LogP contribution < -0.4 is 0 Å². The Labute approximate surface area is 53.0 Å². The summed E-state index contributed by atoms with van der Waals surface area (Å²) >= 11 is 0. The van der Waals surface area contributed by atoms with Gasteiger partial charge in [-0.2, -0.15) is 5.26 Å². The third-order valence-corrected chi connectivity index (χ3v) is 1.54. The smallest absolute Gasteiger partial charge is 0.123 e. The number of epoxide rings is 1. The van der Waals surface area contributed by atoms with E-state index in [2.05, 4.69) is 6.07 Å². The molecule has 0 aromatic heterocycles. The van der Waals surface area contributed by atoms with Crippen LogP contribution in [0.3, 0.4) is 0 Å². The lowest BCUT2D eigenvalue weighted by molar-refractivity contribution is 0.411. The van der Waals surface area contributed by atoms with Gasteiger partial charge in [-0.15, -0.1) is 0 Å². The van der Waals surface area contributed by atoms with Crippen LogP contribution in [0.15, 0.2) is 23.8 Å². The van der Waals surface area contributed by atoms with Gasteiger partial charge in [-0.1, -0.05) is 12.2 Å². The van der Waals surface area contributed by atoms with Gasteiger partial charge in [-0.25, -0.2) is 0 Å². The van der Waals surface area contributed by atoms with E-state index < -0.39 is 0 Å². The number of rotatable bonds is 0. The fraction of sp³-hybridized carbons (Fsp3) is 0.286. The van der Waals surface area contributed by atoms with Crippen molar-refractivity contribution in [2.24, 2.45) is 0 Å². The fourth-order valence-corrected chi connectivity index (χ4v) is 0.985. The van der Waals surface area contributed by atoms with Crippen LogP contribution in [0.5, 0.6) is 0 Å². The van der Waals surface area contributed by atoms with Crippen molar-refractivity contribution in [3.8, 4) is 6.07 Å². The molecule has 0 N–H and O–H groups in total. The molecule has 44 valence electrons. The first-order chi connectivity index (χ1) is 4.42. The monoisotopic (exact) mass is 119 g/mol. The summed E-state index contributed by atoms with van der Waals surface area (Å²) in [4.78, 5) is 0. The predicted octanol–water partition coefficient (Wildman–Crippen LogP) is 0.774. The highest BCUT2D eigenvalue weighted by molar-refractivity contribution is 5.39. The van der Waals surface area contributed by atoms with Crippen LogP contribution in [0, 0.1) is 11.3 Å². The number of nitrogens with zero attached hydrogens (tertiary/aromatic N) is 1. The highest BCUT2D eigenvalue weighted by atomic mass is 16.6. The van der Waals surface area contributed by atoms with Crippen molar-refractivity contribution in [2.75, 3.05) is 0 Å². The maximum Gasteiger partial charge on any atom is 0.123 e. The van der Waals surface area contributed by atoms with Gasteiger partial charge in [-0.3, -0.25) is 0 Å². The second-order valence-electron chi connectivity index (χ2n) is 2.14. The summed E-state index contributed by atoms with van der Waals surface area (Å²) in [5.41, 5.74) is 0.752. The molecule has 0 radical (unpaired) electrons. The van der Waals surface area contributed by atoms with E-state index in [1.165, 1.54) is 0 Å². The van der Waals surface area contributed by atoms with E-state index in [1.54, 1.807) is 6.08 Å². The molecule has 0 bridgehead atoms. The first kappa shape index (κ1) is 4.78. The van der Waals surface area contributed by atoms with Crippen LogP contribution in [0.4, 0.5) is 0 Å². The number of allylic oxidation sites excluding steroid dienone is 2. The van der Waals surface area contributed by atoms with Crippen molar-refractivity contribution < 1.29 is 4.74 Å². The Morgan fingerprint density at radius 3 is 3.22 bits per heavy atom. The Kier molecular flexibility index (Phi) is 0.773. The second kappa shape index (κ2) is 1.46. The Balaban J connectivity index is 2.32. The molecule has 2 rings (SSSR count). The van der Waals surface area contributed by atoms with Crippen LogP contribution in [-0.2, 0) is 4.74 Å². The predicted molar refractivity (Wildman–Crippen MR) is 31.5 cm³/mol. The number of hydrogen-bond donors (Lipinski definition) is 0. The third-order valence-electron chi connectivity index (χ3n) is 1.54. The summed E-state index contributed by atoms with van der Waals surface area (Å²) < 4.78 is 5.10. The van der Waals surface area contributed by atoms with E-state index in [0.29, 0.717) is 0 Å². The SMILES string of the molecule is N#CC1=CC=CC2OC12. The van der Waals surface area contributed by atoms with E-state index in [0.717, 1.165) is 5.57 Å². The van der Waals surface area contributed by atoms with E-state index in [-0.39, 0.29) is 12.2 Å². The Hall–Kier alpha value is -1.07. The van der Waals surface area contributed by atoms with Crippen molar-refractivity contribution in [1.82, 2.24) is 0 Å². The molecule has 2 unspecified atom stereocenters. The summed E-state index contributed by atoms with van der Waals surface area (Å²) in [6.07, 6.45) is 5.94. The summed E-state index contributed by atoms with van der Waals surface area (Å²) in [5.74, 6) is 0. The van der Waals surface area contributed by atoms with Crippen molar-refractivity contribution in [2.45, 2.75) is 12.2 Å². The molecule has 2 nitrogen and oxygen atoms in total. The van der Waals surface area contributed by atoms with Crippen molar-refractivity contribution >= 4 is 0 Å². The maximum atomic E-state index is 8.46. The van der Waals surface area contributed by atoms with Gasteiger partial charge >= 0.3 is 0 Å². The lowest BCUT2D eigenvalue weighted by Gasteiger charge is -1.90. The molecule has 9 heavy (non-hydrogen) atoms. The van der Waals surface area contributed by atoms with Crippen molar-refractivity contribution in [1.29, 1.82) is 5.26 Å². The molecule has 0 aromatic rings. The molecule has 1 fully saturated rings. The van der Waals surface area contributed by atoms with Crippen LogP contribution in [-0.4, -0.2) is 12.2 Å². The number of hydrogen-bond acceptors (Lipinski definition) is 2. The number of fused-ring (bicyclic) bond motifs is 1. The van der Waals surface area contributed by atoms with Gasteiger partial charge in [0, 0.05) is 0 Å². The minimum atomic E-state index is 0.0972. The molecular formula is C7H5NO. The molecule has 0 saturated carbocycles. The quantitative estimate of drug-likeness (QED) is 0.441. The van der Waals surface area contributed by atoms with Gasteiger partial charge in [0.15, 0.2) is 0 Å². The zero-order chi connectivity index (χ0) is 6.27. The minimum absolute atomic E-state index is 0.0972. The first-order valence-corrected chi connectivity index (χ1v) is 2.86. The number of nitriles is 1. The van der Waals surface area contributed by atoms with Crippen LogP contribution in [0.2, 0.25) is 0 Å². The third kappa shape index (κ3) is 0.588. The van der Waals surface area contributed by atoms with Crippen molar-refractivity contribution in [3.05, 3.63) is 23.8 Å². The average molecular weight is 119 g/mol. The topological polar surface area (TPSA) is 36.3 Å². The molecule has 0 amide bonds. The van der Waals surface area contributed by atoms with Gasteiger partial charge < -0.3 is 4.74 Å². The Bertz CT molecular complexity index is 234. The van der Waals surface area contributed by atoms with Gasteiger partial charge in [0.05, 0.1) is 11.6 Å². The fourth-order valence-electron chi connectivity index (χ4n) is 0.985. The maximum absolute atomic E-state index is 8.46. The van der Waals surface area contributed by atoms with Crippen LogP contribution in [0.1, 0.15) is 0 Å². The van der Waals surface area contributed by atoms with Crippen LogP contribution in [0.25, 0.3) is 0 Å². The molecule has 2 atom stereocenters. The summed E-state index contributed by atoms with van der Waals surface area (Å²) in [5, 5.41) is 8.46. The number of ether oxygens (including phenoxy) is 1. The van der Waals surface area contributed by atoms with Gasteiger partial charge in [0.2, 0.25) is 0 Å². The average Bonchev–Trinajstić information content (AvgIpc) is 2.64. The van der Waals surface area contributed by atoms with E-state index in [4.69, 9.17) is 10.00 Å². The van der Waals surface area contributed by atoms with Gasteiger partial charge in [0.25, 0.3) is 0 Å². The zero-order valence-electron chi connectivity index (χ0n) is 4.74. The molecule has 0 aromatic carbocycles. The normalized spacial score (nSPS) is 36.6. The molecule has 1 aliphatic heterocycles. The molecule has 2 heteroatoms. The highest BCUT2D eigenvalue weighted by Gasteiger charge is 2.41. The standard InChI is InChI=1S/C7H5NO/c8-4-5-2-1-3-6-7(5)9-6/h1-3,6-7H. The Morgan fingerprint density at radius 1 is 1.67 bits per heavy atom. The lowest BCUT2D eigenvalue weighted by atomic mass is 10.1. The minimum Gasteiger partial charge on any atom is -0.359 e. The molecule has 1 heterocycles. The Morgan fingerprint density at radius 2 is 2.56 bits per heavy atom. The summed E-state index contributed by atoms with van der Waals surface area (Å²) in [7, 11) is 0. The molecule has 0 spiro atoms. The van der Waals surface area contributed by atoms with Gasteiger partial charge in [-0.05, 0) is 6.08 Å². The lowest BCUT2D eigenvalue weighted by Crippen LogP contribution is -1.96. The highest BCUT2D eigenvalue weighted by Crippen LogP contribution is 2.32. The molecule has 2 aliphatic rings. The van der Waals surface area contributed by atoms with E-state index >= 15 is 0 Å². The first-order valence-electron chi connectivity index (χ1n) is 2.86. The molecule has 1 aliphatic carbocycles. The van der Waals surface area contributed by atoms with E-state index in [1.807, 2.05) is 12.2 Å². The second-order valence-corrected chi connectivity index (χ2v) is 2.14.